The van der Waals surface area contributed by atoms with Gasteiger partial charge in [0.25, 0.3) is 0 Å². The molecule has 1 aromatic carbocycles. The van der Waals surface area contributed by atoms with E-state index in [4.69, 9.17) is 4.74 Å². The molecule has 2 aliphatic rings. The van der Waals surface area contributed by atoms with E-state index in [0.717, 1.165) is 18.5 Å². The maximum absolute atomic E-state index is 11.8. The van der Waals surface area contributed by atoms with Crippen LogP contribution in [0.3, 0.4) is 0 Å². The quantitative estimate of drug-likeness (QED) is 0.859. The summed E-state index contributed by atoms with van der Waals surface area (Å²) in [6.45, 7) is 0. The first-order valence-corrected chi connectivity index (χ1v) is 7.08. The second-order valence-corrected chi connectivity index (χ2v) is 5.48. The van der Waals surface area contributed by atoms with Gasteiger partial charge in [0.2, 0.25) is 0 Å². The molecule has 2 unspecified atom stereocenters. The first-order valence-electron chi connectivity index (χ1n) is 7.08. The van der Waals surface area contributed by atoms with Gasteiger partial charge in [-0.2, -0.15) is 0 Å². The molecule has 2 bridgehead atoms. The number of hydrogen-bond acceptors (Lipinski definition) is 3. The summed E-state index contributed by atoms with van der Waals surface area (Å²) in [4.78, 5) is 11.8. The molecular weight excluding hydrogens is 240 g/mol. The van der Waals surface area contributed by atoms with E-state index in [2.05, 4.69) is 10.6 Å². The third-order valence-electron chi connectivity index (χ3n) is 3.97. The molecule has 0 aromatic heterocycles. The normalized spacial score (nSPS) is 29.6. The molecule has 4 heteroatoms. The molecule has 2 atom stereocenters. The van der Waals surface area contributed by atoms with Crippen LogP contribution in [0.1, 0.15) is 32.1 Å². The van der Waals surface area contributed by atoms with Crippen molar-refractivity contribution in [1.29, 1.82) is 0 Å². The molecule has 0 saturated carbocycles. The topological polar surface area (TPSA) is 50.4 Å². The van der Waals surface area contributed by atoms with Gasteiger partial charge in [0.15, 0.2) is 0 Å². The van der Waals surface area contributed by atoms with Crippen LogP contribution < -0.4 is 10.6 Å². The molecule has 2 N–H and O–H groups in total. The van der Waals surface area contributed by atoms with Crippen molar-refractivity contribution in [2.24, 2.45) is 0 Å². The first kappa shape index (κ1) is 12.5. The van der Waals surface area contributed by atoms with Crippen molar-refractivity contribution in [2.45, 2.75) is 50.3 Å². The monoisotopic (exact) mass is 260 g/mol. The van der Waals surface area contributed by atoms with Gasteiger partial charge in [-0.3, -0.25) is 5.32 Å². The van der Waals surface area contributed by atoms with Gasteiger partial charge >= 0.3 is 6.09 Å². The number of para-hydroxylation sites is 1. The Bertz CT molecular complexity index is 423. The average Bonchev–Trinajstić information content (AvgIpc) is 2.39. The Morgan fingerprint density at radius 2 is 1.84 bits per heavy atom. The number of rotatable bonds is 2. The SMILES string of the molecule is O=C(Nc1ccccc1)OC1CC2CCCC(C1)N2. The predicted octanol–water partition coefficient (Wildman–Crippen LogP) is 2.91. The number of carbonyl (C=O) groups is 1. The minimum absolute atomic E-state index is 0.0558. The number of hydrogen-bond donors (Lipinski definition) is 2. The largest absolute Gasteiger partial charge is 0.446 e. The number of fused-ring (bicyclic) bond motifs is 2. The van der Waals surface area contributed by atoms with Crippen LogP contribution in [-0.4, -0.2) is 24.3 Å². The molecule has 4 nitrogen and oxygen atoms in total. The maximum atomic E-state index is 11.8. The van der Waals surface area contributed by atoms with Gasteiger partial charge in [0.1, 0.15) is 6.10 Å². The Morgan fingerprint density at radius 3 is 2.53 bits per heavy atom. The Morgan fingerprint density at radius 1 is 1.16 bits per heavy atom. The van der Waals surface area contributed by atoms with E-state index in [1.807, 2.05) is 30.3 Å². The van der Waals surface area contributed by atoms with E-state index in [-0.39, 0.29) is 12.2 Å². The molecule has 2 fully saturated rings. The smallest absolute Gasteiger partial charge is 0.411 e. The highest BCUT2D eigenvalue weighted by Gasteiger charge is 2.32. The highest BCUT2D eigenvalue weighted by Crippen LogP contribution is 2.27. The van der Waals surface area contributed by atoms with Gasteiger partial charge in [0, 0.05) is 17.8 Å². The van der Waals surface area contributed by atoms with E-state index in [1.165, 1.54) is 19.3 Å². The minimum atomic E-state index is -0.337. The van der Waals surface area contributed by atoms with Crippen molar-refractivity contribution in [3.63, 3.8) is 0 Å². The van der Waals surface area contributed by atoms with E-state index in [9.17, 15) is 4.79 Å². The molecule has 102 valence electrons. The standard InChI is InChI=1S/C15H20N2O2/c18-15(17-11-5-2-1-3-6-11)19-14-9-12-7-4-8-13(10-14)16-12/h1-3,5-6,12-14,16H,4,7-10H2,(H,17,18). The zero-order valence-corrected chi connectivity index (χ0v) is 11.0. The number of benzene rings is 1. The molecule has 0 spiro atoms. The van der Waals surface area contributed by atoms with Crippen molar-refractivity contribution in [3.8, 4) is 0 Å². The highest BCUT2D eigenvalue weighted by molar-refractivity contribution is 5.84. The summed E-state index contributed by atoms with van der Waals surface area (Å²) in [7, 11) is 0. The minimum Gasteiger partial charge on any atom is -0.446 e. The molecule has 3 rings (SSSR count). The van der Waals surface area contributed by atoms with Crippen LogP contribution in [0.4, 0.5) is 10.5 Å². The number of anilines is 1. The van der Waals surface area contributed by atoms with Crippen molar-refractivity contribution >= 4 is 11.8 Å². The molecule has 1 amide bonds. The maximum Gasteiger partial charge on any atom is 0.411 e. The highest BCUT2D eigenvalue weighted by atomic mass is 16.6. The molecule has 19 heavy (non-hydrogen) atoms. The number of carbonyl (C=O) groups excluding carboxylic acids is 1. The Labute approximate surface area is 113 Å². The number of nitrogens with one attached hydrogen (secondary N) is 2. The second-order valence-electron chi connectivity index (χ2n) is 5.48. The van der Waals surface area contributed by atoms with E-state index in [1.54, 1.807) is 0 Å². The van der Waals surface area contributed by atoms with Crippen LogP contribution in [-0.2, 0) is 4.74 Å². The van der Waals surface area contributed by atoms with Crippen LogP contribution >= 0.6 is 0 Å². The van der Waals surface area contributed by atoms with Crippen molar-refractivity contribution in [3.05, 3.63) is 30.3 Å². The van der Waals surface area contributed by atoms with E-state index < -0.39 is 0 Å². The third-order valence-corrected chi connectivity index (χ3v) is 3.97. The molecule has 2 aliphatic heterocycles. The van der Waals surface area contributed by atoms with Gasteiger partial charge in [-0.05, 0) is 37.8 Å². The van der Waals surface area contributed by atoms with Gasteiger partial charge in [0.05, 0.1) is 0 Å². The Hall–Kier alpha value is -1.55. The van der Waals surface area contributed by atoms with Crippen LogP contribution in [0.15, 0.2) is 30.3 Å². The summed E-state index contributed by atoms with van der Waals surface area (Å²) in [6, 6.07) is 10.5. The van der Waals surface area contributed by atoms with Crippen LogP contribution in [0.5, 0.6) is 0 Å². The lowest BCUT2D eigenvalue weighted by molar-refractivity contribution is 0.0520. The van der Waals surface area contributed by atoms with Gasteiger partial charge in [-0.1, -0.05) is 24.6 Å². The molecule has 1 aromatic rings. The summed E-state index contributed by atoms with van der Waals surface area (Å²) in [5.41, 5.74) is 0.779. The Balaban J connectivity index is 1.52. The van der Waals surface area contributed by atoms with E-state index in [0.29, 0.717) is 12.1 Å². The lowest BCUT2D eigenvalue weighted by Crippen LogP contribution is -2.51. The van der Waals surface area contributed by atoms with Crippen molar-refractivity contribution in [1.82, 2.24) is 5.32 Å². The summed E-state index contributed by atoms with van der Waals surface area (Å²) < 4.78 is 5.54. The summed E-state index contributed by atoms with van der Waals surface area (Å²) in [5.74, 6) is 0. The zero-order valence-electron chi connectivity index (χ0n) is 11.0. The molecule has 0 aliphatic carbocycles. The fourth-order valence-corrected chi connectivity index (χ4v) is 3.13. The number of piperidine rings is 2. The molecule has 2 saturated heterocycles. The summed E-state index contributed by atoms with van der Waals surface area (Å²) >= 11 is 0. The molecule has 2 heterocycles. The molecular formula is C15H20N2O2. The lowest BCUT2D eigenvalue weighted by atomic mass is 9.85. The number of amides is 1. The fourth-order valence-electron chi connectivity index (χ4n) is 3.13. The van der Waals surface area contributed by atoms with Crippen molar-refractivity contribution < 1.29 is 9.53 Å². The predicted molar refractivity (Wildman–Crippen MR) is 74.1 cm³/mol. The Kier molecular flexibility index (Phi) is 3.69. The van der Waals surface area contributed by atoms with Crippen LogP contribution in [0, 0.1) is 0 Å². The second kappa shape index (κ2) is 5.61. The number of ether oxygens (including phenoxy) is 1. The lowest BCUT2D eigenvalue weighted by Gasteiger charge is -2.39. The summed E-state index contributed by atoms with van der Waals surface area (Å²) in [5, 5.41) is 6.37. The van der Waals surface area contributed by atoms with Crippen molar-refractivity contribution in [2.75, 3.05) is 5.32 Å². The zero-order chi connectivity index (χ0) is 13.1. The van der Waals surface area contributed by atoms with Gasteiger partial charge in [-0.15, -0.1) is 0 Å². The van der Waals surface area contributed by atoms with Gasteiger partial charge < -0.3 is 10.1 Å². The van der Waals surface area contributed by atoms with Gasteiger partial charge in [-0.25, -0.2) is 4.79 Å². The third kappa shape index (κ3) is 3.26. The fraction of sp³-hybridized carbons (Fsp3) is 0.533. The molecule has 0 radical (unpaired) electrons. The van der Waals surface area contributed by atoms with Crippen LogP contribution in [0.2, 0.25) is 0 Å². The van der Waals surface area contributed by atoms with Crippen LogP contribution in [0.25, 0.3) is 0 Å². The first-order chi connectivity index (χ1) is 9.29. The van der Waals surface area contributed by atoms with E-state index >= 15 is 0 Å². The average molecular weight is 260 g/mol. The summed E-state index contributed by atoms with van der Waals surface area (Å²) in [6.07, 6.45) is 5.31.